The molecule has 1 N–H and O–H groups in total. The molecule has 4 fully saturated rings. The van der Waals surface area contributed by atoms with Crippen molar-refractivity contribution in [3.05, 3.63) is 0 Å². The van der Waals surface area contributed by atoms with E-state index in [1.54, 1.807) is 6.92 Å². The lowest BCUT2D eigenvalue weighted by molar-refractivity contribution is -0.155. The number of rotatable bonds is 5. The summed E-state index contributed by atoms with van der Waals surface area (Å²) in [5.41, 5.74) is 0.916. The van der Waals surface area contributed by atoms with Crippen LogP contribution in [0.5, 0.6) is 0 Å². The van der Waals surface area contributed by atoms with Crippen LogP contribution in [-0.2, 0) is 9.59 Å². The molecule has 0 aromatic carbocycles. The minimum absolute atomic E-state index is 0.181. The van der Waals surface area contributed by atoms with Crippen molar-refractivity contribution in [2.45, 2.75) is 119 Å². The summed E-state index contributed by atoms with van der Waals surface area (Å²) in [4.78, 5) is 23.1. The molecule has 0 spiro atoms. The molecule has 0 bridgehead atoms. The number of carbonyl (C=O) groups excluding carboxylic acids is 1. The van der Waals surface area contributed by atoms with Crippen LogP contribution in [0.4, 0.5) is 0 Å². The van der Waals surface area contributed by atoms with Crippen LogP contribution in [0.1, 0.15) is 119 Å². The van der Waals surface area contributed by atoms with E-state index in [4.69, 9.17) is 5.11 Å². The molecule has 0 aliphatic heterocycles. The Morgan fingerprint density at radius 3 is 2.30 bits per heavy atom. The van der Waals surface area contributed by atoms with E-state index < -0.39 is 5.97 Å². The Labute approximate surface area is 209 Å². The summed E-state index contributed by atoms with van der Waals surface area (Å²) in [6.07, 6.45) is 15.1. The minimum Gasteiger partial charge on any atom is -0.481 e. The Bertz CT molecular complexity index is 649. The summed E-state index contributed by atoms with van der Waals surface area (Å²) in [6, 6.07) is 0. The lowest BCUT2D eigenvalue weighted by atomic mass is 9.44. The fourth-order valence-corrected chi connectivity index (χ4v) is 8.24. The third-order valence-corrected chi connectivity index (χ3v) is 10.6. The number of thiol groups is 1. The number of aliphatic carboxylic acids is 1. The topological polar surface area (TPSA) is 54.4 Å². The second kappa shape index (κ2) is 12.5. The lowest BCUT2D eigenvalue weighted by Crippen LogP contribution is -2.56. The van der Waals surface area contributed by atoms with Gasteiger partial charge in [-0.15, -0.1) is 0 Å². The highest BCUT2D eigenvalue weighted by Crippen LogP contribution is 2.67. The molecule has 4 aliphatic rings. The smallest absolute Gasteiger partial charge is 0.306 e. The number of carboxylic acid groups (broad SMARTS) is 1. The first kappa shape index (κ1) is 28.7. The van der Waals surface area contributed by atoms with Gasteiger partial charge in [0.05, 0.1) is 5.92 Å². The largest absolute Gasteiger partial charge is 0.481 e. The second-order valence-electron chi connectivity index (χ2n) is 11.7. The van der Waals surface area contributed by atoms with Gasteiger partial charge in [-0.25, -0.2) is 0 Å². The zero-order chi connectivity index (χ0) is 24.8. The highest BCUT2D eigenvalue weighted by atomic mass is 32.1. The number of ketones is 1. The van der Waals surface area contributed by atoms with Crippen molar-refractivity contribution < 1.29 is 14.7 Å². The molecule has 0 saturated heterocycles. The van der Waals surface area contributed by atoms with Crippen LogP contribution in [-0.4, -0.2) is 22.6 Å². The van der Waals surface area contributed by atoms with Crippen molar-refractivity contribution in [3.8, 4) is 0 Å². The summed E-state index contributed by atoms with van der Waals surface area (Å²) < 4.78 is 0. The molecule has 7 unspecified atom stereocenters. The first-order valence-electron chi connectivity index (χ1n) is 14.0. The zero-order valence-corrected chi connectivity index (χ0v) is 23.3. The molecule has 0 radical (unpaired) electrons. The standard InChI is InChI=1S/C22H36OS.C5H10O2.C2H6/c1-21-11-4-3-6-16(21)14-19(23)20-17-9-8-15(7-5-13-24)22(17,2)12-10-18(20)21;1-3-4(2)5(6)7;1-2/h15-18,20,24H,3-14H2,1-2H3;4H,3H2,1-2H3,(H,6,7);1-2H3/t15-,16?,17?,18?,20?,21?,22?;;/m0../s1. The summed E-state index contributed by atoms with van der Waals surface area (Å²) >= 11 is 4.44. The molecule has 0 aromatic rings. The Hall–Kier alpha value is -0.510. The van der Waals surface area contributed by atoms with Gasteiger partial charge in [0.25, 0.3) is 0 Å². The highest BCUT2D eigenvalue weighted by Gasteiger charge is 2.61. The second-order valence-corrected chi connectivity index (χ2v) is 12.1. The molecule has 4 saturated carbocycles. The van der Waals surface area contributed by atoms with Crippen LogP contribution in [0.2, 0.25) is 0 Å². The van der Waals surface area contributed by atoms with Gasteiger partial charge in [-0.1, -0.05) is 54.4 Å². The molecule has 0 heterocycles. The van der Waals surface area contributed by atoms with Gasteiger partial charge in [-0.05, 0) is 98.0 Å². The van der Waals surface area contributed by atoms with Crippen LogP contribution >= 0.6 is 12.6 Å². The summed E-state index contributed by atoms with van der Waals surface area (Å²) in [5.74, 6) is 4.13. The van der Waals surface area contributed by atoms with Crippen molar-refractivity contribution in [1.82, 2.24) is 0 Å². The fraction of sp³-hybridized carbons (Fsp3) is 0.931. The van der Waals surface area contributed by atoms with Crippen molar-refractivity contribution in [3.63, 3.8) is 0 Å². The van der Waals surface area contributed by atoms with E-state index in [0.29, 0.717) is 40.3 Å². The zero-order valence-electron chi connectivity index (χ0n) is 22.4. The number of hydrogen-bond donors (Lipinski definition) is 2. The lowest BCUT2D eigenvalue weighted by Gasteiger charge is -2.59. The SMILES string of the molecule is CC.CC12CCCCC1CC(=O)C1C2CCC2(C)C1CC[C@@H]2CCCS.CCC(C)C(=O)O. The van der Waals surface area contributed by atoms with Crippen molar-refractivity contribution in [2.24, 2.45) is 46.3 Å². The van der Waals surface area contributed by atoms with E-state index in [0.717, 1.165) is 24.5 Å². The first-order chi connectivity index (χ1) is 15.7. The predicted octanol–water partition coefficient (Wildman–Crippen LogP) is 8.07. The molecule has 33 heavy (non-hydrogen) atoms. The first-order valence-corrected chi connectivity index (χ1v) is 14.7. The van der Waals surface area contributed by atoms with Gasteiger partial charge in [0.1, 0.15) is 5.78 Å². The number of carbonyl (C=O) groups is 2. The average Bonchev–Trinajstić information content (AvgIpc) is 3.15. The van der Waals surface area contributed by atoms with Crippen molar-refractivity contribution in [2.75, 3.05) is 5.75 Å². The molecule has 8 atom stereocenters. The van der Waals surface area contributed by atoms with Gasteiger partial charge in [-0.2, -0.15) is 12.6 Å². The molecule has 4 rings (SSSR count). The van der Waals surface area contributed by atoms with Gasteiger partial charge in [0, 0.05) is 12.3 Å². The van der Waals surface area contributed by atoms with Gasteiger partial charge >= 0.3 is 5.97 Å². The molecule has 0 aromatic heterocycles. The number of hydrogen-bond acceptors (Lipinski definition) is 3. The monoisotopic (exact) mass is 480 g/mol. The molecular formula is C29H52O3S. The maximum Gasteiger partial charge on any atom is 0.306 e. The average molecular weight is 481 g/mol. The Kier molecular flexibility index (Phi) is 10.8. The number of carboxylic acids is 1. The third-order valence-electron chi connectivity index (χ3n) is 10.3. The van der Waals surface area contributed by atoms with Crippen LogP contribution in [0.3, 0.4) is 0 Å². The van der Waals surface area contributed by atoms with Crippen LogP contribution in [0.15, 0.2) is 0 Å². The van der Waals surface area contributed by atoms with Crippen LogP contribution in [0, 0.1) is 46.3 Å². The maximum atomic E-state index is 13.2. The molecular weight excluding hydrogens is 428 g/mol. The van der Waals surface area contributed by atoms with Gasteiger partial charge in [0.15, 0.2) is 0 Å². The molecule has 192 valence electrons. The van der Waals surface area contributed by atoms with E-state index in [2.05, 4.69) is 26.5 Å². The van der Waals surface area contributed by atoms with Crippen molar-refractivity contribution >= 4 is 24.4 Å². The van der Waals surface area contributed by atoms with Crippen LogP contribution < -0.4 is 0 Å². The predicted molar refractivity (Wildman–Crippen MR) is 142 cm³/mol. The normalized spacial score (nSPS) is 40.1. The Balaban J connectivity index is 0.000000370. The quantitative estimate of drug-likeness (QED) is 0.391. The molecule has 3 nitrogen and oxygen atoms in total. The summed E-state index contributed by atoms with van der Waals surface area (Å²) in [5, 5.41) is 8.18. The molecule has 4 aliphatic carbocycles. The van der Waals surface area contributed by atoms with Gasteiger partial charge in [-0.3, -0.25) is 9.59 Å². The maximum absolute atomic E-state index is 13.2. The number of Topliss-reactive ketones (excluding diaryl/α,β-unsaturated/α-hetero) is 1. The van der Waals surface area contributed by atoms with Crippen molar-refractivity contribution in [1.29, 1.82) is 0 Å². The Morgan fingerprint density at radius 2 is 1.73 bits per heavy atom. The van der Waals surface area contributed by atoms with Gasteiger partial charge < -0.3 is 5.11 Å². The fourth-order valence-electron chi connectivity index (χ4n) is 8.06. The molecule has 4 heteroatoms. The minimum atomic E-state index is -0.706. The van der Waals surface area contributed by atoms with E-state index in [1.807, 2.05) is 20.8 Å². The highest BCUT2D eigenvalue weighted by molar-refractivity contribution is 7.80. The van der Waals surface area contributed by atoms with E-state index in [-0.39, 0.29) is 5.92 Å². The Morgan fingerprint density at radius 1 is 1.06 bits per heavy atom. The van der Waals surface area contributed by atoms with Crippen LogP contribution in [0.25, 0.3) is 0 Å². The van der Waals surface area contributed by atoms with Gasteiger partial charge in [0.2, 0.25) is 0 Å². The van der Waals surface area contributed by atoms with E-state index >= 15 is 0 Å². The summed E-state index contributed by atoms with van der Waals surface area (Å²) in [6.45, 7) is 12.7. The summed E-state index contributed by atoms with van der Waals surface area (Å²) in [7, 11) is 0. The number of fused-ring (bicyclic) bond motifs is 5. The molecule has 0 amide bonds. The third kappa shape index (κ3) is 5.84. The van der Waals surface area contributed by atoms with E-state index in [1.165, 1.54) is 64.2 Å². The van der Waals surface area contributed by atoms with E-state index in [9.17, 15) is 9.59 Å².